The fourth-order valence-electron chi connectivity index (χ4n) is 2.77. The summed E-state index contributed by atoms with van der Waals surface area (Å²) >= 11 is 1.16. The summed E-state index contributed by atoms with van der Waals surface area (Å²) in [6.07, 6.45) is 0. The Morgan fingerprint density at radius 3 is 2.53 bits per heavy atom. The van der Waals surface area contributed by atoms with Crippen LogP contribution in [0.1, 0.15) is 23.1 Å². The van der Waals surface area contributed by atoms with Crippen molar-refractivity contribution in [2.75, 3.05) is 11.1 Å². The lowest BCUT2D eigenvalue weighted by molar-refractivity contribution is -0.384. The lowest BCUT2D eigenvalue weighted by Gasteiger charge is -2.09. The predicted molar refractivity (Wildman–Crippen MR) is 116 cm³/mol. The molecule has 0 aliphatic heterocycles. The van der Waals surface area contributed by atoms with Gasteiger partial charge in [0.05, 0.1) is 22.8 Å². The van der Waals surface area contributed by atoms with Crippen molar-refractivity contribution in [2.45, 2.75) is 25.2 Å². The van der Waals surface area contributed by atoms with Gasteiger partial charge in [-0.2, -0.15) is 0 Å². The molecule has 10 nitrogen and oxygen atoms in total. The topological polar surface area (TPSA) is 132 Å². The molecule has 0 aliphatic carbocycles. The number of non-ortho nitro benzene ring substituents is 1. The maximum atomic E-state index is 13.7. The zero-order valence-corrected chi connectivity index (χ0v) is 17.8. The van der Waals surface area contributed by atoms with E-state index in [4.69, 9.17) is 0 Å². The first-order chi connectivity index (χ1) is 15.4. The van der Waals surface area contributed by atoms with E-state index in [0.29, 0.717) is 23.2 Å². The average Bonchev–Trinajstić information content (AvgIpc) is 3.18. The summed E-state index contributed by atoms with van der Waals surface area (Å²) in [4.78, 5) is 34.6. The van der Waals surface area contributed by atoms with Crippen molar-refractivity contribution in [3.8, 4) is 0 Å². The van der Waals surface area contributed by atoms with Gasteiger partial charge in [-0.25, -0.2) is 4.39 Å². The quantitative estimate of drug-likeness (QED) is 0.286. The molecule has 12 heteroatoms. The van der Waals surface area contributed by atoms with Gasteiger partial charge in [-0.05, 0) is 31.2 Å². The molecule has 2 N–H and O–H groups in total. The number of carbonyl (C=O) groups is 2. The first-order valence-corrected chi connectivity index (χ1v) is 10.5. The van der Waals surface area contributed by atoms with Gasteiger partial charge in [-0.3, -0.25) is 19.7 Å². The van der Waals surface area contributed by atoms with Crippen molar-refractivity contribution in [1.29, 1.82) is 0 Å². The molecule has 3 aromatic rings. The summed E-state index contributed by atoms with van der Waals surface area (Å²) in [6, 6.07) is 11.2. The van der Waals surface area contributed by atoms with Gasteiger partial charge < -0.3 is 15.2 Å². The molecule has 0 saturated heterocycles. The summed E-state index contributed by atoms with van der Waals surface area (Å²) in [7, 11) is 0. The number of aromatic nitrogens is 3. The summed E-state index contributed by atoms with van der Waals surface area (Å²) < 4.78 is 15.5. The molecule has 0 aliphatic rings. The van der Waals surface area contributed by atoms with Crippen LogP contribution < -0.4 is 10.6 Å². The van der Waals surface area contributed by atoms with Gasteiger partial charge in [0, 0.05) is 24.4 Å². The number of nitro groups is 1. The van der Waals surface area contributed by atoms with E-state index in [0.717, 1.165) is 11.8 Å². The van der Waals surface area contributed by atoms with Gasteiger partial charge in [0.1, 0.15) is 5.82 Å². The van der Waals surface area contributed by atoms with Crippen molar-refractivity contribution in [3.05, 3.63) is 75.9 Å². The molecule has 3 rings (SSSR count). The largest absolute Gasteiger partial charge is 0.345 e. The van der Waals surface area contributed by atoms with Crippen molar-refractivity contribution >= 4 is 35.0 Å². The Bertz CT molecular complexity index is 1140. The number of benzene rings is 2. The molecule has 0 unspecified atom stereocenters. The second-order valence-electron chi connectivity index (χ2n) is 6.45. The minimum absolute atomic E-state index is 0.0384. The number of nitrogens with zero attached hydrogens (tertiary/aromatic N) is 4. The van der Waals surface area contributed by atoms with Crippen LogP contribution in [0, 0.1) is 15.9 Å². The molecule has 2 aromatic carbocycles. The Kier molecular flexibility index (Phi) is 7.49. The van der Waals surface area contributed by atoms with Crippen LogP contribution >= 0.6 is 11.8 Å². The van der Waals surface area contributed by atoms with Crippen LogP contribution in [-0.2, 0) is 17.9 Å². The average molecular weight is 458 g/mol. The smallest absolute Gasteiger partial charge is 0.269 e. The third kappa shape index (κ3) is 5.66. The van der Waals surface area contributed by atoms with E-state index >= 15 is 0 Å². The minimum atomic E-state index is -0.614. The van der Waals surface area contributed by atoms with Crippen molar-refractivity contribution in [3.63, 3.8) is 0 Å². The number of hydrogen-bond acceptors (Lipinski definition) is 7. The van der Waals surface area contributed by atoms with Crippen LogP contribution in [0.25, 0.3) is 0 Å². The molecule has 2 amide bonds. The van der Waals surface area contributed by atoms with Crippen LogP contribution in [0.2, 0.25) is 0 Å². The number of nitro benzene ring substituents is 1. The van der Waals surface area contributed by atoms with E-state index in [1.165, 1.54) is 42.5 Å². The molecule has 0 bridgehead atoms. The van der Waals surface area contributed by atoms with Gasteiger partial charge in [0.25, 0.3) is 11.6 Å². The second-order valence-corrected chi connectivity index (χ2v) is 7.39. The number of carbonyl (C=O) groups excluding carboxylic acids is 2. The fourth-order valence-corrected chi connectivity index (χ4v) is 3.59. The monoisotopic (exact) mass is 458 g/mol. The molecule has 166 valence electrons. The summed E-state index contributed by atoms with van der Waals surface area (Å²) in [6.45, 7) is 2.42. The lowest BCUT2D eigenvalue weighted by atomic mass is 10.2. The van der Waals surface area contributed by atoms with Gasteiger partial charge in [0.2, 0.25) is 5.91 Å². The first-order valence-electron chi connectivity index (χ1n) is 9.51. The van der Waals surface area contributed by atoms with Crippen LogP contribution in [0.5, 0.6) is 0 Å². The van der Waals surface area contributed by atoms with E-state index < -0.39 is 16.6 Å². The highest BCUT2D eigenvalue weighted by molar-refractivity contribution is 7.99. The molecule has 0 atom stereocenters. The second kappa shape index (κ2) is 10.5. The number of rotatable bonds is 9. The summed E-state index contributed by atoms with van der Waals surface area (Å²) in [5.74, 6) is -0.987. The predicted octanol–water partition coefficient (Wildman–Crippen LogP) is 3.01. The van der Waals surface area contributed by atoms with E-state index in [9.17, 15) is 24.1 Å². The molecular weight excluding hydrogens is 439 g/mol. The number of thioether (sulfide) groups is 1. The van der Waals surface area contributed by atoms with Gasteiger partial charge in [0.15, 0.2) is 11.0 Å². The number of anilines is 1. The zero-order chi connectivity index (χ0) is 23.1. The molecule has 32 heavy (non-hydrogen) atoms. The maximum Gasteiger partial charge on any atom is 0.269 e. The van der Waals surface area contributed by atoms with Crippen molar-refractivity contribution < 1.29 is 18.9 Å². The highest BCUT2D eigenvalue weighted by Crippen LogP contribution is 2.19. The van der Waals surface area contributed by atoms with Gasteiger partial charge >= 0.3 is 0 Å². The molecule has 0 spiro atoms. The summed E-state index contributed by atoms with van der Waals surface area (Å²) in [5.41, 5.74) is 0.310. The first kappa shape index (κ1) is 22.9. The highest BCUT2D eigenvalue weighted by atomic mass is 32.2. The Balaban J connectivity index is 1.56. The van der Waals surface area contributed by atoms with Crippen molar-refractivity contribution in [1.82, 2.24) is 20.1 Å². The standard InChI is InChI=1S/C20H19FN6O4S/c1-2-26-17(11-22-19(29)15-5-3-4-6-16(15)21)24-25-20(26)32-12-18(28)23-13-7-9-14(10-8-13)27(30)31/h3-10H,2,11-12H2,1H3,(H,22,29)(H,23,28). The van der Waals surface area contributed by atoms with E-state index in [1.54, 1.807) is 10.6 Å². The van der Waals surface area contributed by atoms with E-state index in [-0.39, 0.29) is 29.5 Å². The molecule has 1 aromatic heterocycles. The van der Waals surface area contributed by atoms with Crippen LogP contribution in [0.3, 0.4) is 0 Å². The fraction of sp³-hybridized carbons (Fsp3) is 0.200. The SMILES string of the molecule is CCn1c(CNC(=O)c2ccccc2F)nnc1SCC(=O)Nc1ccc([N+](=O)[O-])cc1. The Morgan fingerprint density at radius 1 is 1.16 bits per heavy atom. The van der Waals surface area contributed by atoms with Gasteiger partial charge in [-0.1, -0.05) is 23.9 Å². The molecule has 1 heterocycles. The number of hydrogen-bond donors (Lipinski definition) is 2. The Morgan fingerprint density at radius 2 is 1.88 bits per heavy atom. The van der Waals surface area contributed by atoms with Crippen molar-refractivity contribution in [2.24, 2.45) is 0 Å². The number of halogens is 1. The molecule has 0 saturated carbocycles. The third-order valence-electron chi connectivity index (χ3n) is 4.33. The highest BCUT2D eigenvalue weighted by Gasteiger charge is 2.16. The van der Waals surface area contributed by atoms with Crippen LogP contribution in [0.4, 0.5) is 15.8 Å². The van der Waals surface area contributed by atoms with Crippen LogP contribution in [-0.4, -0.2) is 37.3 Å². The Hall–Kier alpha value is -3.80. The Labute approximate surface area is 186 Å². The molecule has 0 radical (unpaired) electrons. The summed E-state index contributed by atoms with van der Waals surface area (Å²) in [5, 5.41) is 24.6. The zero-order valence-electron chi connectivity index (χ0n) is 16.9. The van der Waals surface area contributed by atoms with E-state index in [2.05, 4.69) is 20.8 Å². The third-order valence-corrected chi connectivity index (χ3v) is 5.30. The number of amides is 2. The van der Waals surface area contributed by atoms with E-state index in [1.807, 2.05) is 6.92 Å². The number of nitrogens with one attached hydrogen (secondary N) is 2. The maximum absolute atomic E-state index is 13.7. The molecular formula is C20H19FN6O4S. The van der Waals surface area contributed by atoms with Gasteiger partial charge in [-0.15, -0.1) is 10.2 Å². The minimum Gasteiger partial charge on any atom is -0.345 e. The molecule has 0 fully saturated rings. The van der Waals surface area contributed by atoms with Crippen LogP contribution in [0.15, 0.2) is 53.7 Å². The lowest BCUT2D eigenvalue weighted by Crippen LogP contribution is -2.25. The normalized spacial score (nSPS) is 10.6.